The van der Waals surface area contributed by atoms with E-state index in [9.17, 15) is 22.8 Å². The minimum absolute atomic E-state index is 0.0151. The number of nitrogens with one attached hydrogen (secondary N) is 1. The standard InChI is InChI=1S/C30H32BrN3O5S/c1-2-18-32-29(36)26(20-22-9-4-3-5-10-22)33(21-23-14-16-24(31)17-15-23)28(35)13-8-19-34-30(37)25-11-6-7-12-27(25)40(34,38)39/h3-7,9-12,14-17,26H,2,8,13,18-21H2,1H3,(H,32,36)/t26-/m1/s1. The van der Waals surface area contributed by atoms with E-state index in [-0.39, 0.29) is 48.2 Å². The number of fused-ring (bicyclic) bond motifs is 1. The van der Waals surface area contributed by atoms with E-state index in [1.54, 1.807) is 17.0 Å². The highest BCUT2D eigenvalue weighted by atomic mass is 79.9. The molecule has 3 aromatic rings. The number of nitrogens with zero attached hydrogens (tertiary/aromatic N) is 2. The Kier molecular flexibility index (Phi) is 9.76. The van der Waals surface area contributed by atoms with Crippen LogP contribution in [0, 0.1) is 0 Å². The predicted octanol–water partition coefficient (Wildman–Crippen LogP) is 4.54. The van der Waals surface area contributed by atoms with Gasteiger partial charge in [0.15, 0.2) is 0 Å². The van der Waals surface area contributed by atoms with E-state index in [0.717, 1.165) is 26.3 Å². The molecule has 1 aliphatic heterocycles. The van der Waals surface area contributed by atoms with Gasteiger partial charge in [-0.2, -0.15) is 0 Å². The Morgan fingerprint density at radius 2 is 1.62 bits per heavy atom. The Balaban J connectivity index is 1.55. The maximum Gasteiger partial charge on any atom is 0.269 e. The van der Waals surface area contributed by atoms with Crippen LogP contribution in [0.15, 0.2) is 88.2 Å². The monoisotopic (exact) mass is 625 g/mol. The lowest BCUT2D eigenvalue weighted by Gasteiger charge is -2.32. The van der Waals surface area contributed by atoms with Gasteiger partial charge in [-0.15, -0.1) is 0 Å². The summed E-state index contributed by atoms with van der Waals surface area (Å²) in [6.07, 6.45) is 1.18. The third kappa shape index (κ3) is 6.79. The van der Waals surface area contributed by atoms with Crippen molar-refractivity contribution in [2.75, 3.05) is 13.1 Å². The predicted molar refractivity (Wildman–Crippen MR) is 156 cm³/mol. The molecule has 0 spiro atoms. The quantitative estimate of drug-likeness (QED) is 0.318. The Bertz CT molecular complexity index is 1460. The van der Waals surface area contributed by atoms with E-state index in [1.807, 2.05) is 61.5 Å². The topological polar surface area (TPSA) is 104 Å². The Morgan fingerprint density at radius 3 is 2.30 bits per heavy atom. The van der Waals surface area contributed by atoms with E-state index in [1.165, 1.54) is 12.1 Å². The van der Waals surface area contributed by atoms with Gasteiger partial charge in [-0.3, -0.25) is 14.4 Å². The zero-order valence-electron chi connectivity index (χ0n) is 22.3. The molecule has 0 saturated heterocycles. The molecule has 4 rings (SSSR count). The summed E-state index contributed by atoms with van der Waals surface area (Å²) in [5, 5.41) is 2.94. The number of rotatable bonds is 12. The van der Waals surface area contributed by atoms with Gasteiger partial charge < -0.3 is 10.2 Å². The fourth-order valence-corrected chi connectivity index (χ4v) is 6.55. The summed E-state index contributed by atoms with van der Waals surface area (Å²) >= 11 is 3.43. The normalized spacial score (nSPS) is 14.4. The van der Waals surface area contributed by atoms with Crippen LogP contribution in [-0.4, -0.2) is 54.5 Å². The highest BCUT2D eigenvalue weighted by Gasteiger charge is 2.40. The average molecular weight is 627 g/mol. The van der Waals surface area contributed by atoms with Gasteiger partial charge in [0, 0.05) is 36.9 Å². The smallest absolute Gasteiger partial charge is 0.269 e. The molecule has 0 fully saturated rings. The highest BCUT2D eigenvalue weighted by molar-refractivity contribution is 9.10. The number of hydrogen-bond acceptors (Lipinski definition) is 5. The van der Waals surface area contributed by atoms with Crippen molar-refractivity contribution in [1.29, 1.82) is 0 Å². The second-order valence-electron chi connectivity index (χ2n) is 9.63. The number of carbonyl (C=O) groups excluding carboxylic acids is 3. The van der Waals surface area contributed by atoms with E-state index >= 15 is 0 Å². The van der Waals surface area contributed by atoms with E-state index in [4.69, 9.17) is 0 Å². The molecule has 0 unspecified atom stereocenters. The van der Waals surface area contributed by atoms with Crippen molar-refractivity contribution in [2.45, 2.75) is 50.1 Å². The fourth-order valence-electron chi connectivity index (χ4n) is 4.68. The first-order chi connectivity index (χ1) is 19.2. The van der Waals surface area contributed by atoms with Crippen LogP contribution in [-0.2, 0) is 32.6 Å². The molecule has 1 heterocycles. The van der Waals surface area contributed by atoms with Crippen molar-refractivity contribution in [1.82, 2.24) is 14.5 Å². The van der Waals surface area contributed by atoms with Crippen molar-refractivity contribution >= 4 is 43.7 Å². The van der Waals surface area contributed by atoms with Crippen LogP contribution >= 0.6 is 15.9 Å². The molecule has 0 radical (unpaired) electrons. The van der Waals surface area contributed by atoms with Crippen LogP contribution < -0.4 is 5.32 Å². The van der Waals surface area contributed by atoms with Crippen LogP contribution in [0.25, 0.3) is 0 Å². The molecule has 0 bridgehead atoms. The van der Waals surface area contributed by atoms with Gasteiger partial charge in [0.1, 0.15) is 10.9 Å². The van der Waals surface area contributed by atoms with Crippen molar-refractivity contribution in [3.05, 3.63) is 100 Å². The maximum atomic E-state index is 13.7. The molecule has 0 aromatic heterocycles. The van der Waals surface area contributed by atoms with Gasteiger partial charge >= 0.3 is 0 Å². The molecule has 10 heteroatoms. The summed E-state index contributed by atoms with van der Waals surface area (Å²) in [6.45, 7) is 2.53. The summed E-state index contributed by atoms with van der Waals surface area (Å²) < 4.78 is 27.6. The van der Waals surface area contributed by atoms with Gasteiger partial charge in [0.2, 0.25) is 11.8 Å². The van der Waals surface area contributed by atoms with Crippen LogP contribution in [0.3, 0.4) is 0 Å². The molecule has 3 aromatic carbocycles. The summed E-state index contributed by atoms with van der Waals surface area (Å²) in [6, 6.07) is 22.4. The molecule has 0 saturated carbocycles. The minimum atomic E-state index is -3.96. The molecule has 1 N–H and O–H groups in total. The second-order valence-corrected chi connectivity index (χ2v) is 12.4. The van der Waals surface area contributed by atoms with Crippen LogP contribution in [0.5, 0.6) is 0 Å². The zero-order valence-corrected chi connectivity index (χ0v) is 24.7. The molecule has 1 aliphatic rings. The minimum Gasteiger partial charge on any atom is -0.354 e. The summed E-state index contributed by atoms with van der Waals surface area (Å²) in [7, 11) is -3.96. The lowest BCUT2D eigenvalue weighted by molar-refractivity contribution is -0.141. The van der Waals surface area contributed by atoms with Crippen molar-refractivity contribution in [2.24, 2.45) is 0 Å². The largest absolute Gasteiger partial charge is 0.354 e. The molecule has 210 valence electrons. The molecule has 40 heavy (non-hydrogen) atoms. The lowest BCUT2D eigenvalue weighted by atomic mass is 10.0. The SMILES string of the molecule is CCCNC(=O)[C@@H](Cc1ccccc1)N(Cc1ccc(Br)cc1)C(=O)CCCN1C(=O)c2ccccc2S1(=O)=O. The van der Waals surface area contributed by atoms with Crippen molar-refractivity contribution in [3.63, 3.8) is 0 Å². The number of amides is 3. The number of carbonyl (C=O) groups is 3. The maximum absolute atomic E-state index is 13.7. The number of benzene rings is 3. The Morgan fingerprint density at radius 1 is 0.950 bits per heavy atom. The van der Waals surface area contributed by atoms with Gasteiger partial charge in [0.05, 0.1) is 5.56 Å². The van der Waals surface area contributed by atoms with E-state index in [2.05, 4.69) is 21.2 Å². The number of halogens is 1. The van der Waals surface area contributed by atoms with E-state index in [0.29, 0.717) is 13.0 Å². The van der Waals surface area contributed by atoms with E-state index < -0.39 is 22.0 Å². The van der Waals surface area contributed by atoms with Crippen molar-refractivity contribution < 1.29 is 22.8 Å². The number of hydrogen-bond donors (Lipinski definition) is 1. The second kappa shape index (κ2) is 13.2. The summed E-state index contributed by atoms with van der Waals surface area (Å²) in [5.41, 5.74) is 1.91. The zero-order chi connectivity index (χ0) is 28.7. The van der Waals surface area contributed by atoms with Crippen LogP contribution in [0.1, 0.15) is 47.7 Å². The molecule has 0 aliphatic carbocycles. The summed E-state index contributed by atoms with van der Waals surface area (Å²) in [5.74, 6) is -1.13. The van der Waals surface area contributed by atoms with Gasteiger partial charge in [0.25, 0.3) is 15.9 Å². The average Bonchev–Trinajstić information content (AvgIpc) is 3.15. The first-order valence-corrected chi connectivity index (χ1v) is 15.5. The van der Waals surface area contributed by atoms with Gasteiger partial charge in [-0.05, 0) is 48.2 Å². The first-order valence-electron chi connectivity index (χ1n) is 13.2. The first kappa shape index (κ1) is 29.5. The highest BCUT2D eigenvalue weighted by Crippen LogP contribution is 2.30. The molecule has 8 nitrogen and oxygen atoms in total. The third-order valence-corrected chi connectivity index (χ3v) is 9.12. The number of sulfonamides is 1. The molecular formula is C30H32BrN3O5S. The van der Waals surface area contributed by atoms with Crippen molar-refractivity contribution in [3.8, 4) is 0 Å². The summed E-state index contributed by atoms with van der Waals surface area (Å²) in [4.78, 5) is 41.5. The Labute approximate surface area is 243 Å². The molecular weight excluding hydrogens is 594 g/mol. The van der Waals surface area contributed by atoms with Crippen LogP contribution in [0.4, 0.5) is 0 Å². The third-order valence-electron chi connectivity index (χ3n) is 6.75. The Hall–Kier alpha value is -3.50. The van der Waals surface area contributed by atoms with Crippen LogP contribution in [0.2, 0.25) is 0 Å². The fraction of sp³-hybridized carbons (Fsp3) is 0.300. The molecule has 1 atom stereocenters. The van der Waals surface area contributed by atoms with Gasteiger partial charge in [-0.1, -0.05) is 77.5 Å². The molecule has 3 amide bonds. The van der Waals surface area contributed by atoms with Gasteiger partial charge in [-0.25, -0.2) is 12.7 Å². The lowest BCUT2D eigenvalue weighted by Crippen LogP contribution is -2.50.